The van der Waals surface area contributed by atoms with Crippen molar-refractivity contribution in [3.63, 3.8) is 0 Å². The van der Waals surface area contributed by atoms with Crippen molar-refractivity contribution in [2.75, 3.05) is 40.8 Å². The second-order valence-corrected chi connectivity index (χ2v) is 11.1. The zero-order chi connectivity index (χ0) is 26.2. The monoisotopic (exact) mass is 482 g/mol. The molecule has 4 atom stereocenters. The summed E-state index contributed by atoms with van der Waals surface area (Å²) < 4.78 is 5.02. The van der Waals surface area contributed by atoms with Gasteiger partial charge in [0.25, 0.3) is 0 Å². The van der Waals surface area contributed by atoms with Crippen LogP contribution in [0.4, 0.5) is 0 Å². The van der Waals surface area contributed by atoms with Crippen molar-refractivity contribution in [1.29, 1.82) is 0 Å². The quantitative estimate of drug-likeness (QED) is 0.456. The lowest BCUT2D eigenvalue weighted by Gasteiger charge is -2.41. The summed E-state index contributed by atoms with van der Waals surface area (Å²) in [5, 5.41) is 3.10. The Balaban J connectivity index is 3.12. The van der Waals surface area contributed by atoms with Gasteiger partial charge in [-0.05, 0) is 50.7 Å². The van der Waals surface area contributed by atoms with Crippen molar-refractivity contribution < 1.29 is 19.1 Å². The number of ether oxygens (including phenoxy) is 1. The van der Waals surface area contributed by atoms with Crippen LogP contribution in [0, 0.1) is 11.3 Å². The van der Waals surface area contributed by atoms with E-state index in [4.69, 9.17) is 4.74 Å². The van der Waals surface area contributed by atoms with E-state index in [1.54, 1.807) is 4.90 Å². The Hall–Kier alpha value is -1.67. The maximum absolute atomic E-state index is 13.8. The number of likely N-dealkylation sites (tertiary alicyclic amines) is 1. The molecule has 0 aliphatic carbocycles. The van der Waals surface area contributed by atoms with Gasteiger partial charge in [0.2, 0.25) is 11.8 Å². The number of methoxy groups -OCH3 is 1. The molecule has 34 heavy (non-hydrogen) atoms. The Bertz CT molecular complexity index is 676. The Morgan fingerprint density at radius 1 is 1.15 bits per heavy atom. The van der Waals surface area contributed by atoms with E-state index in [2.05, 4.69) is 29.0 Å². The van der Waals surface area contributed by atoms with E-state index in [1.165, 1.54) is 7.11 Å². The minimum absolute atomic E-state index is 0.0723. The fourth-order valence-electron chi connectivity index (χ4n) is 4.87. The Kier molecular flexibility index (Phi) is 12.0. The van der Waals surface area contributed by atoms with Gasteiger partial charge < -0.3 is 15.0 Å². The number of nitrogens with one attached hydrogen (secondary N) is 1. The number of carbonyl (C=O) groups excluding carboxylic acids is 3. The minimum atomic E-state index is -0.640. The van der Waals surface area contributed by atoms with Crippen molar-refractivity contribution in [2.45, 2.75) is 98.3 Å². The molecule has 0 aromatic heterocycles. The van der Waals surface area contributed by atoms with Gasteiger partial charge in [0.15, 0.2) is 0 Å². The van der Waals surface area contributed by atoms with Gasteiger partial charge in [0, 0.05) is 19.6 Å². The van der Waals surface area contributed by atoms with Gasteiger partial charge in [-0.25, -0.2) is 0 Å². The van der Waals surface area contributed by atoms with Crippen LogP contribution in [0.3, 0.4) is 0 Å². The topological polar surface area (TPSA) is 82.2 Å². The maximum Gasteiger partial charge on any atom is 0.323 e. The Labute approximate surface area is 207 Å². The summed E-state index contributed by atoms with van der Waals surface area (Å²) in [6.45, 7) is 16.2. The largest absolute Gasteiger partial charge is 0.468 e. The van der Waals surface area contributed by atoms with Gasteiger partial charge >= 0.3 is 5.97 Å². The lowest BCUT2D eigenvalue weighted by atomic mass is 9.84. The molecule has 1 rings (SSSR count). The number of hydrogen-bond acceptors (Lipinski definition) is 6. The van der Waals surface area contributed by atoms with Gasteiger partial charge in [0.05, 0.1) is 13.2 Å². The molecular formula is C26H50N4O4. The number of likely N-dealkylation sites (N-methyl/N-ethyl adjacent to an activating group) is 3. The molecule has 0 saturated carbocycles. The summed E-state index contributed by atoms with van der Waals surface area (Å²) in [6, 6.07) is -1.30. The van der Waals surface area contributed by atoms with E-state index in [-0.39, 0.29) is 41.8 Å². The molecule has 2 amide bonds. The summed E-state index contributed by atoms with van der Waals surface area (Å²) in [5.74, 6) is -0.256. The number of amides is 2. The fraction of sp³-hybridized carbons (Fsp3) is 0.885. The van der Waals surface area contributed by atoms with Crippen molar-refractivity contribution in [3.8, 4) is 0 Å². The van der Waals surface area contributed by atoms with Crippen LogP contribution in [0.1, 0.15) is 74.1 Å². The SMILES string of the molecule is CCC(C(=O)OC)N(CC)CC(C(C)C)N(C)C(=O)C(NC(=O)C1CCCCN1C)C(C)(C)C. The van der Waals surface area contributed by atoms with Crippen molar-refractivity contribution in [2.24, 2.45) is 11.3 Å². The van der Waals surface area contributed by atoms with Crippen LogP contribution in [0.15, 0.2) is 0 Å². The molecule has 1 N–H and O–H groups in total. The Morgan fingerprint density at radius 2 is 1.76 bits per heavy atom. The smallest absolute Gasteiger partial charge is 0.323 e. The fourth-order valence-corrected chi connectivity index (χ4v) is 4.87. The van der Waals surface area contributed by atoms with Crippen LogP contribution in [0.5, 0.6) is 0 Å². The highest BCUT2D eigenvalue weighted by Gasteiger charge is 2.40. The molecule has 0 bridgehead atoms. The van der Waals surface area contributed by atoms with Crippen LogP contribution in [0.2, 0.25) is 0 Å². The summed E-state index contributed by atoms with van der Waals surface area (Å²) in [6.07, 6.45) is 3.57. The zero-order valence-corrected chi connectivity index (χ0v) is 23.3. The van der Waals surface area contributed by atoms with Gasteiger partial charge in [-0.15, -0.1) is 0 Å². The minimum Gasteiger partial charge on any atom is -0.468 e. The van der Waals surface area contributed by atoms with Gasteiger partial charge in [-0.1, -0.05) is 54.9 Å². The normalized spacial score (nSPS) is 20.1. The molecule has 0 aromatic carbocycles. The molecule has 8 nitrogen and oxygen atoms in total. The highest BCUT2D eigenvalue weighted by atomic mass is 16.5. The first kappa shape index (κ1) is 30.4. The average molecular weight is 483 g/mol. The van der Waals surface area contributed by atoms with Crippen molar-refractivity contribution >= 4 is 17.8 Å². The number of piperidine rings is 1. The van der Waals surface area contributed by atoms with E-state index in [0.717, 1.165) is 25.8 Å². The second kappa shape index (κ2) is 13.4. The highest BCUT2D eigenvalue weighted by Crippen LogP contribution is 2.25. The van der Waals surface area contributed by atoms with Gasteiger partial charge in [-0.2, -0.15) is 0 Å². The van der Waals surface area contributed by atoms with Crippen LogP contribution >= 0.6 is 0 Å². The number of hydrogen-bond donors (Lipinski definition) is 1. The lowest BCUT2D eigenvalue weighted by Crippen LogP contribution is -2.61. The van der Waals surface area contributed by atoms with E-state index < -0.39 is 11.5 Å². The summed E-state index contributed by atoms with van der Waals surface area (Å²) in [5.41, 5.74) is -0.446. The molecule has 1 aliphatic rings. The van der Waals surface area contributed by atoms with Crippen LogP contribution in [-0.4, -0.2) is 97.5 Å². The predicted molar refractivity (Wildman–Crippen MR) is 136 cm³/mol. The van der Waals surface area contributed by atoms with Gasteiger partial charge in [-0.3, -0.25) is 24.2 Å². The van der Waals surface area contributed by atoms with Crippen molar-refractivity contribution in [3.05, 3.63) is 0 Å². The van der Waals surface area contributed by atoms with E-state index in [1.807, 2.05) is 48.7 Å². The standard InChI is InChI=1S/C26H50N4O4/c1-11-19(25(33)34-10)30(12-2)17-21(18(3)4)29(9)24(32)22(26(5,6)7)27-23(31)20-15-13-14-16-28(20)8/h18-22H,11-17H2,1-10H3,(H,27,31). The molecule has 8 heteroatoms. The Morgan fingerprint density at radius 3 is 2.21 bits per heavy atom. The lowest BCUT2D eigenvalue weighted by molar-refractivity contribution is -0.148. The van der Waals surface area contributed by atoms with E-state index >= 15 is 0 Å². The third kappa shape index (κ3) is 7.94. The predicted octanol–water partition coefficient (Wildman–Crippen LogP) is 2.76. The van der Waals surface area contributed by atoms with Crippen molar-refractivity contribution in [1.82, 2.24) is 20.0 Å². The van der Waals surface area contributed by atoms with Gasteiger partial charge in [0.1, 0.15) is 12.1 Å². The third-order valence-corrected chi connectivity index (χ3v) is 7.22. The molecule has 0 radical (unpaired) electrons. The molecule has 0 spiro atoms. The second-order valence-electron chi connectivity index (χ2n) is 11.1. The molecule has 1 aliphatic heterocycles. The first-order chi connectivity index (χ1) is 15.8. The molecule has 0 aromatic rings. The van der Waals surface area contributed by atoms with E-state index in [9.17, 15) is 14.4 Å². The maximum atomic E-state index is 13.8. The molecular weight excluding hydrogens is 432 g/mol. The van der Waals surface area contributed by atoms with Crippen LogP contribution in [0.25, 0.3) is 0 Å². The number of esters is 1. The molecule has 4 unspecified atom stereocenters. The third-order valence-electron chi connectivity index (χ3n) is 7.22. The number of rotatable bonds is 11. The van der Waals surface area contributed by atoms with Crippen LogP contribution in [-0.2, 0) is 19.1 Å². The van der Waals surface area contributed by atoms with Crippen LogP contribution < -0.4 is 5.32 Å². The molecule has 1 heterocycles. The summed E-state index contributed by atoms with van der Waals surface area (Å²) >= 11 is 0. The van der Waals surface area contributed by atoms with E-state index in [0.29, 0.717) is 19.5 Å². The summed E-state index contributed by atoms with van der Waals surface area (Å²) in [4.78, 5) is 45.3. The zero-order valence-electron chi connectivity index (χ0n) is 23.3. The average Bonchev–Trinajstić information content (AvgIpc) is 2.77. The highest BCUT2D eigenvalue weighted by molar-refractivity contribution is 5.90. The number of carbonyl (C=O) groups is 3. The first-order valence-electron chi connectivity index (χ1n) is 12.9. The first-order valence-corrected chi connectivity index (χ1v) is 12.9. The number of nitrogens with zero attached hydrogens (tertiary/aromatic N) is 3. The molecule has 198 valence electrons. The molecule has 1 fully saturated rings. The molecule has 1 saturated heterocycles. The summed E-state index contributed by atoms with van der Waals surface area (Å²) in [7, 11) is 5.20.